The summed E-state index contributed by atoms with van der Waals surface area (Å²) >= 11 is 0. The third kappa shape index (κ3) is 1.85. The molecule has 4 aliphatic rings. The van der Waals surface area contributed by atoms with Crippen LogP contribution in [-0.2, 0) is 4.79 Å². The highest BCUT2D eigenvalue weighted by molar-refractivity contribution is 5.50. The van der Waals surface area contributed by atoms with Crippen LogP contribution in [0.5, 0.6) is 0 Å². The number of hydrogen-bond acceptors (Lipinski definition) is 1. The molecule has 1 nitrogen and oxygen atoms in total. The van der Waals surface area contributed by atoms with Crippen molar-refractivity contribution in [3.8, 4) is 0 Å². The number of aldehydes is 1. The molecule has 4 rings (SSSR count). The predicted molar refractivity (Wildman–Crippen MR) is 85.9 cm³/mol. The monoisotopic (exact) mass is 288 g/mol. The van der Waals surface area contributed by atoms with E-state index in [0.717, 1.165) is 30.1 Å². The van der Waals surface area contributed by atoms with Crippen LogP contribution >= 0.6 is 0 Å². The van der Waals surface area contributed by atoms with Crippen molar-refractivity contribution >= 4 is 6.29 Å². The molecule has 118 valence electrons. The Bertz CT molecular complexity index is 430. The zero-order valence-corrected chi connectivity index (χ0v) is 13.9. The lowest BCUT2D eigenvalue weighted by molar-refractivity contribution is -0.182. The largest absolute Gasteiger partial charge is 0.303 e. The first kappa shape index (κ1) is 14.3. The highest BCUT2D eigenvalue weighted by Crippen LogP contribution is 2.69. The predicted octanol–water partition coefficient (Wildman–Crippen LogP) is 5.23. The maximum absolute atomic E-state index is 10.9. The number of carbonyl (C=O) groups is 1. The van der Waals surface area contributed by atoms with E-state index >= 15 is 0 Å². The minimum atomic E-state index is 0.514. The molecule has 0 heterocycles. The fraction of sp³-hybridized carbons (Fsp3) is 0.950. The lowest BCUT2D eigenvalue weighted by Gasteiger charge is -2.67. The van der Waals surface area contributed by atoms with Crippen molar-refractivity contribution in [1.29, 1.82) is 0 Å². The molecule has 4 saturated carbocycles. The molecular weight excluding hydrogens is 256 g/mol. The van der Waals surface area contributed by atoms with Gasteiger partial charge in [-0.25, -0.2) is 0 Å². The Morgan fingerprint density at radius 1 is 0.952 bits per heavy atom. The molecule has 21 heavy (non-hydrogen) atoms. The molecule has 0 aromatic heterocycles. The maximum atomic E-state index is 10.9. The Morgan fingerprint density at radius 3 is 2.62 bits per heavy atom. The van der Waals surface area contributed by atoms with Crippen LogP contribution < -0.4 is 0 Å². The van der Waals surface area contributed by atoms with E-state index in [1.807, 2.05) is 0 Å². The first-order chi connectivity index (χ1) is 10.1. The number of carbonyl (C=O) groups excluding carboxylic acids is 1. The molecule has 7 unspecified atom stereocenters. The minimum Gasteiger partial charge on any atom is -0.303 e. The van der Waals surface area contributed by atoms with Crippen LogP contribution in [-0.4, -0.2) is 6.29 Å². The van der Waals surface area contributed by atoms with Gasteiger partial charge in [-0.1, -0.05) is 26.7 Å². The zero-order chi connectivity index (χ0) is 14.7. The van der Waals surface area contributed by atoms with Gasteiger partial charge in [0.05, 0.1) is 0 Å². The van der Waals surface area contributed by atoms with E-state index in [1.54, 1.807) is 0 Å². The maximum Gasteiger partial charge on any atom is 0.120 e. The summed E-state index contributed by atoms with van der Waals surface area (Å²) in [5.41, 5.74) is 1.18. The second-order valence-corrected chi connectivity index (χ2v) is 9.28. The van der Waals surface area contributed by atoms with Crippen LogP contribution in [0.3, 0.4) is 0 Å². The van der Waals surface area contributed by atoms with Crippen molar-refractivity contribution in [3.63, 3.8) is 0 Å². The van der Waals surface area contributed by atoms with Crippen LogP contribution in [0.2, 0.25) is 0 Å². The van der Waals surface area contributed by atoms with E-state index in [9.17, 15) is 4.79 Å². The van der Waals surface area contributed by atoms with Crippen molar-refractivity contribution in [2.24, 2.45) is 40.4 Å². The number of hydrogen-bond donors (Lipinski definition) is 0. The second-order valence-electron chi connectivity index (χ2n) is 9.28. The molecule has 0 spiro atoms. The first-order valence-electron chi connectivity index (χ1n) is 9.53. The molecule has 1 heteroatoms. The summed E-state index contributed by atoms with van der Waals surface area (Å²) in [5, 5.41) is 0. The molecule has 7 atom stereocenters. The van der Waals surface area contributed by atoms with Gasteiger partial charge in [-0.15, -0.1) is 0 Å². The van der Waals surface area contributed by atoms with Crippen LogP contribution in [0.1, 0.15) is 78.1 Å². The molecule has 0 bridgehead atoms. The van der Waals surface area contributed by atoms with Gasteiger partial charge in [-0.3, -0.25) is 0 Å². The molecule has 4 fully saturated rings. The molecule has 0 aromatic carbocycles. The Balaban J connectivity index is 1.57. The van der Waals surface area contributed by atoms with Crippen molar-refractivity contribution in [2.45, 2.75) is 78.1 Å². The van der Waals surface area contributed by atoms with Crippen LogP contribution in [0, 0.1) is 40.4 Å². The molecule has 0 aliphatic heterocycles. The summed E-state index contributed by atoms with van der Waals surface area (Å²) < 4.78 is 0. The molecule has 4 aliphatic carbocycles. The van der Waals surface area contributed by atoms with Gasteiger partial charge in [0, 0.05) is 6.42 Å². The van der Waals surface area contributed by atoms with Crippen molar-refractivity contribution in [2.75, 3.05) is 0 Å². The van der Waals surface area contributed by atoms with E-state index < -0.39 is 0 Å². The average Bonchev–Trinajstić information content (AvgIpc) is 2.47. The van der Waals surface area contributed by atoms with Gasteiger partial charge in [0.25, 0.3) is 0 Å². The van der Waals surface area contributed by atoms with Crippen molar-refractivity contribution < 1.29 is 4.79 Å². The quantitative estimate of drug-likeness (QED) is 0.635. The van der Waals surface area contributed by atoms with Crippen LogP contribution in [0.25, 0.3) is 0 Å². The average molecular weight is 288 g/mol. The zero-order valence-electron chi connectivity index (χ0n) is 13.9. The van der Waals surface area contributed by atoms with E-state index in [-0.39, 0.29) is 0 Å². The Kier molecular flexibility index (Phi) is 3.28. The summed E-state index contributed by atoms with van der Waals surface area (Å²) in [6.45, 7) is 5.17. The van der Waals surface area contributed by atoms with E-state index in [4.69, 9.17) is 0 Å². The Hall–Kier alpha value is -0.330. The fourth-order valence-electron chi connectivity index (χ4n) is 7.49. The minimum absolute atomic E-state index is 0.514. The summed E-state index contributed by atoms with van der Waals surface area (Å²) in [6, 6.07) is 0. The van der Waals surface area contributed by atoms with Gasteiger partial charge in [0.2, 0.25) is 0 Å². The Morgan fingerprint density at radius 2 is 1.81 bits per heavy atom. The molecule has 0 saturated heterocycles. The van der Waals surface area contributed by atoms with Gasteiger partial charge in [0.15, 0.2) is 0 Å². The molecule has 0 radical (unpaired) electrons. The van der Waals surface area contributed by atoms with Gasteiger partial charge in [0.1, 0.15) is 6.29 Å². The van der Waals surface area contributed by atoms with Gasteiger partial charge >= 0.3 is 0 Å². The molecule has 0 N–H and O–H groups in total. The second kappa shape index (κ2) is 4.83. The van der Waals surface area contributed by atoms with Gasteiger partial charge in [-0.05, 0) is 85.4 Å². The summed E-state index contributed by atoms with van der Waals surface area (Å²) in [5.74, 6) is 4.68. The molecular formula is C20H32O. The van der Waals surface area contributed by atoms with Crippen molar-refractivity contribution in [3.05, 3.63) is 0 Å². The van der Waals surface area contributed by atoms with E-state index in [0.29, 0.717) is 16.7 Å². The summed E-state index contributed by atoms with van der Waals surface area (Å²) in [4.78, 5) is 10.9. The van der Waals surface area contributed by atoms with Crippen LogP contribution in [0.15, 0.2) is 0 Å². The number of fused-ring (bicyclic) bond motifs is 5. The fourth-order valence-corrected chi connectivity index (χ4v) is 7.49. The van der Waals surface area contributed by atoms with Crippen LogP contribution in [0.4, 0.5) is 0 Å². The highest BCUT2D eigenvalue weighted by atomic mass is 16.1. The highest BCUT2D eigenvalue weighted by Gasteiger charge is 2.61. The first-order valence-corrected chi connectivity index (χ1v) is 9.53. The normalized spacial score (nSPS) is 55.6. The molecule has 0 aromatic rings. The topological polar surface area (TPSA) is 17.1 Å². The lowest BCUT2D eigenvalue weighted by Crippen LogP contribution is -2.59. The third-order valence-electron chi connectivity index (χ3n) is 8.87. The molecule has 0 amide bonds. The lowest BCUT2D eigenvalue weighted by atomic mass is 9.38. The standard InChI is InChI=1S/C20H32O/c1-19-10-4-3-5-14(19)6-7-16-17(19)8-11-20(2)15(9-12-21)13-18(16)20/h12,14-18H,3-11,13H2,1-2H3. The van der Waals surface area contributed by atoms with Gasteiger partial charge in [-0.2, -0.15) is 0 Å². The summed E-state index contributed by atoms with van der Waals surface area (Å²) in [6.07, 6.45) is 15.2. The van der Waals surface area contributed by atoms with Crippen molar-refractivity contribution in [1.82, 2.24) is 0 Å². The smallest absolute Gasteiger partial charge is 0.120 e. The number of rotatable bonds is 2. The summed E-state index contributed by atoms with van der Waals surface area (Å²) in [7, 11) is 0. The van der Waals surface area contributed by atoms with Gasteiger partial charge < -0.3 is 4.79 Å². The third-order valence-corrected chi connectivity index (χ3v) is 8.87. The Labute approximate surface area is 130 Å². The van der Waals surface area contributed by atoms with E-state index in [1.165, 1.54) is 64.1 Å². The SMILES string of the molecule is CC12CCCCC1CCC1C2CCC2(C)C(CC=O)CC12. The van der Waals surface area contributed by atoms with E-state index in [2.05, 4.69) is 13.8 Å².